The minimum absolute atomic E-state index is 1.04. The Balaban J connectivity index is 2.48. The monoisotopic (exact) mass is 218 g/mol. The van der Waals surface area contributed by atoms with Crippen molar-refractivity contribution in [2.45, 2.75) is 18.7 Å². The van der Waals surface area contributed by atoms with Crippen molar-refractivity contribution in [1.82, 2.24) is 0 Å². The third-order valence-corrected chi connectivity index (χ3v) is 3.43. The van der Waals surface area contributed by atoms with Crippen molar-refractivity contribution in [2.24, 2.45) is 4.99 Å². The molecule has 0 N–H and O–H groups in total. The molecule has 2 nitrogen and oxygen atoms in total. The van der Waals surface area contributed by atoms with Gasteiger partial charge in [0, 0.05) is 23.1 Å². The van der Waals surface area contributed by atoms with E-state index in [0.717, 1.165) is 5.82 Å². The van der Waals surface area contributed by atoms with Crippen molar-refractivity contribution >= 4 is 23.7 Å². The van der Waals surface area contributed by atoms with Gasteiger partial charge in [0.1, 0.15) is 5.82 Å². The summed E-state index contributed by atoms with van der Waals surface area (Å²) in [4.78, 5) is 9.09. The average molecular weight is 218 g/mol. The molecule has 3 heteroatoms. The van der Waals surface area contributed by atoms with Crippen LogP contribution in [0.5, 0.6) is 0 Å². The Labute approximate surface area is 94.7 Å². The van der Waals surface area contributed by atoms with Gasteiger partial charge in [-0.1, -0.05) is 23.9 Å². The van der Waals surface area contributed by atoms with Crippen molar-refractivity contribution in [3.05, 3.63) is 35.0 Å². The molecular weight excluding hydrogens is 204 g/mol. The molecule has 1 aliphatic heterocycles. The van der Waals surface area contributed by atoms with E-state index in [1.165, 1.54) is 15.5 Å². The highest BCUT2D eigenvalue weighted by Crippen LogP contribution is 2.42. The summed E-state index contributed by atoms with van der Waals surface area (Å²) in [7, 11) is 2.06. The minimum atomic E-state index is 1.04. The summed E-state index contributed by atoms with van der Waals surface area (Å²) in [5, 5.41) is 0. The van der Waals surface area contributed by atoms with E-state index in [4.69, 9.17) is 0 Å². The normalized spacial score (nSPS) is 16.1. The highest BCUT2D eigenvalue weighted by molar-refractivity contribution is 8.03. The third-order valence-electron chi connectivity index (χ3n) is 2.37. The minimum Gasteiger partial charge on any atom is -0.328 e. The fourth-order valence-corrected chi connectivity index (χ4v) is 2.75. The molecule has 1 aromatic carbocycles. The summed E-state index contributed by atoms with van der Waals surface area (Å²) in [5.41, 5.74) is 1.23. The third kappa shape index (κ3) is 1.79. The second kappa shape index (κ2) is 4.11. The Bertz CT molecular complexity index is 435. The van der Waals surface area contributed by atoms with Crippen LogP contribution in [0.15, 0.2) is 44.9 Å². The predicted molar refractivity (Wildman–Crippen MR) is 67.6 cm³/mol. The van der Waals surface area contributed by atoms with Crippen molar-refractivity contribution in [3.8, 4) is 0 Å². The zero-order valence-electron chi connectivity index (χ0n) is 9.19. The van der Waals surface area contributed by atoms with Gasteiger partial charge in [-0.05, 0) is 26.0 Å². The van der Waals surface area contributed by atoms with Gasteiger partial charge in [0.05, 0.1) is 5.69 Å². The van der Waals surface area contributed by atoms with E-state index in [2.05, 4.69) is 48.1 Å². The number of para-hydroxylation sites is 1. The van der Waals surface area contributed by atoms with Crippen LogP contribution < -0.4 is 4.90 Å². The largest absolute Gasteiger partial charge is 0.328 e. The van der Waals surface area contributed by atoms with Crippen LogP contribution in [-0.4, -0.2) is 13.3 Å². The molecule has 0 saturated carbocycles. The quantitative estimate of drug-likeness (QED) is 0.670. The van der Waals surface area contributed by atoms with Crippen molar-refractivity contribution < 1.29 is 0 Å². The molecule has 0 bridgehead atoms. The summed E-state index contributed by atoms with van der Waals surface area (Å²) < 4.78 is 0. The van der Waals surface area contributed by atoms with Gasteiger partial charge in [-0.25, -0.2) is 4.99 Å². The zero-order valence-corrected chi connectivity index (χ0v) is 10.0. The van der Waals surface area contributed by atoms with Gasteiger partial charge < -0.3 is 4.90 Å². The maximum atomic E-state index is 4.40. The number of rotatable bonds is 1. The van der Waals surface area contributed by atoms with Crippen LogP contribution in [0.1, 0.15) is 13.8 Å². The van der Waals surface area contributed by atoms with Crippen molar-refractivity contribution in [1.29, 1.82) is 0 Å². The van der Waals surface area contributed by atoms with Crippen LogP contribution in [0.25, 0.3) is 0 Å². The molecule has 0 fully saturated rings. The average Bonchev–Trinajstić information content (AvgIpc) is 2.24. The molecule has 0 aromatic heterocycles. The summed E-state index contributed by atoms with van der Waals surface area (Å²) in [6, 6.07) is 8.40. The number of aliphatic imine (C=N–C) groups is 1. The van der Waals surface area contributed by atoms with Crippen LogP contribution in [0.2, 0.25) is 0 Å². The van der Waals surface area contributed by atoms with Gasteiger partial charge in [-0.3, -0.25) is 0 Å². The van der Waals surface area contributed by atoms with Gasteiger partial charge in [-0.2, -0.15) is 0 Å². The number of fused-ring (bicyclic) bond motifs is 1. The van der Waals surface area contributed by atoms with Crippen molar-refractivity contribution in [3.63, 3.8) is 0 Å². The number of nitrogens with zero attached hydrogens (tertiary/aromatic N) is 2. The molecule has 1 aromatic rings. The first-order valence-corrected chi connectivity index (χ1v) is 5.76. The SMILES string of the molecule is CC=NC1=C(C)Sc2ccccc2N1C. The summed E-state index contributed by atoms with van der Waals surface area (Å²) in [6.07, 6.45) is 1.84. The molecule has 78 valence electrons. The Morgan fingerprint density at radius 2 is 2.07 bits per heavy atom. The van der Waals surface area contributed by atoms with Gasteiger partial charge in [0.25, 0.3) is 0 Å². The van der Waals surface area contributed by atoms with Crippen molar-refractivity contribution in [2.75, 3.05) is 11.9 Å². The first kappa shape index (κ1) is 10.3. The van der Waals surface area contributed by atoms with Gasteiger partial charge in [0.15, 0.2) is 0 Å². The molecule has 1 heterocycles. The smallest absolute Gasteiger partial charge is 0.141 e. The molecule has 0 spiro atoms. The number of hydrogen-bond acceptors (Lipinski definition) is 3. The first-order valence-electron chi connectivity index (χ1n) is 4.94. The lowest BCUT2D eigenvalue weighted by atomic mass is 10.3. The van der Waals surface area contributed by atoms with E-state index in [9.17, 15) is 0 Å². The molecule has 1 aliphatic rings. The summed E-state index contributed by atoms with van der Waals surface area (Å²) in [5.74, 6) is 1.04. The highest BCUT2D eigenvalue weighted by atomic mass is 32.2. The van der Waals surface area contributed by atoms with E-state index in [1.807, 2.05) is 13.1 Å². The van der Waals surface area contributed by atoms with E-state index >= 15 is 0 Å². The van der Waals surface area contributed by atoms with E-state index in [1.54, 1.807) is 11.8 Å². The molecule has 15 heavy (non-hydrogen) atoms. The molecule has 0 unspecified atom stereocenters. The number of allylic oxidation sites excluding steroid dienone is 1. The topological polar surface area (TPSA) is 15.6 Å². The van der Waals surface area contributed by atoms with Crippen LogP contribution in [0, 0.1) is 0 Å². The van der Waals surface area contributed by atoms with Crippen LogP contribution in [0.4, 0.5) is 5.69 Å². The molecule has 0 saturated heterocycles. The molecule has 2 rings (SSSR count). The molecular formula is C12H14N2S. The second-order valence-electron chi connectivity index (χ2n) is 3.40. The van der Waals surface area contributed by atoms with Gasteiger partial charge >= 0.3 is 0 Å². The number of thioether (sulfide) groups is 1. The molecule has 0 aliphatic carbocycles. The standard InChI is InChI=1S/C12H14N2S/c1-4-13-12-9(2)15-11-8-6-5-7-10(11)14(12)3/h4-8H,1-3H3. The first-order chi connectivity index (χ1) is 7.24. The summed E-state index contributed by atoms with van der Waals surface area (Å²) in [6.45, 7) is 4.05. The Kier molecular flexibility index (Phi) is 2.82. The lowest BCUT2D eigenvalue weighted by molar-refractivity contribution is 1.02. The maximum Gasteiger partial charge on any atom is 0.141 e. The number of benzene rings is 1. The van der Waals surface area contributed by atoms with E-state index < -0.39 is 0 Å². The fourth-order valence-electron chi connectivity index (χ4n) is 1.68. The summed E-state index contributed by atoms with van der Waals surface area (Å²) >= 11 is 1.79. The second-order valence-corrected chi connectivity index (χ2v) is 4.65. The van der Waals surface area contributed by atoms with Gasteiger partial charge in [0.2, 0.25) is 0 Å². The van der Waals surface area contributed by atoms with Gasteiger partial charge in [-0.15, -0.1) is 0 Å². The predicted octanol–water partition coefficient (Wildman–Crippen LogP) is 3.51. The number of anilines is 1. The molecule has 0 atom stereocenters. The van der Waals surface area contributed by atoms with Crippen LogP contribution in [-0.2, 0) is 0 Å². The Morgan fingerprint density at radius 1 is 1.33 bits per heavy atom. The van der Waals surface area contributed by atoms with E-state index in [-0.39, 0.29) is 0 Å². The number of hydrogen-bond donors (Lipinski definition) is 0. The molecule has 0 radical (unpaired) electrons. The van der Waals surface area contributed by atoms with Crippen LogP contribution >= 0.6 is 11.8 Å². The Morgan fingerprint density at radius 3 is 2.80 bits per heavy atom. The van der Waals surface area contributed by atoms with Crippen LogP contribution in [0.3, 0.4) is 0 Å². The maximum absolute atomic E-state index is 4.40. The Hall–Kier alpha value is -1.22. The fraction of sp³-hybridized carbons (Fsp3) is 0.250. The lowest BCUT2D eigenvalue weighted by Gasteiger charge is -2.28. The zero-order chi connectivity index (χ0) is 10.8. The van der Waals surface area contributed by atoms with E-state index in [0.29, 0.717) is 0 Å². The lowest BCUT2D eigenvalue weighted by Crippen LogP contribution is -2.19. The highest BCUT2D eigenvalue weighted by Gasteiger charge is 2.19. The molecule has 0 amide bonds.